The van der Waals surface area contributed by atoms with E-state index in [1.807, 2.05) is 12.1 Å². The highest BCUT2D eigenvalue weighted by Crippen LogP contribution is 2.33. The SMILES string of the molecule is CCCN(CC1CC1)c1c(C)cccc1C#N. The Balaban J connectivity index is 2.29. The van der Waals surface area contributed by atoms with Crippen LogP contribution in [-0.4, -0.2) is 13.1 Å². The first-order valence-electron chi connectivity index (χ1n) is 6.51. The first-order chi connectivity index (χ1) is 8.26. The number of nitrogens with zero attached hydrogens (tertiary/aromatic N) is 2. The van der Waals surface area contributed by atoms with Crippen LogP contribution in [0.25, 0.3) is 0 Å². The predicted molar refractivity (Wildman–Crippen MR) is 71.1 cm³/mol. The zero-order valence-corrected chi connectivity index (χ0v) is 10.7. The molecule has 0 N–H and O–H groups in total. The topological polar surface area (TPSA) is 27.0 Å². The minimum absolute atomic E-state index is 0.819. The van der Waals surface area contributed by atoms with Crippen molar-refractivity contribution in [3.8, 4) is 6.07 Å². The van der Waals surface area contributed by atoms with Gasteiger partial charge in [0.1, 0.15) is 6.07 Å². The van der Waals surface area contributed by atoms with Crippen LogP contribution in [0.15, 0.2) is 18.2 Å². The molecule has 0 amide bonds. The van der Waals surface area contributed by atoms with E-state index in [2.05, 4.69) is 30.9 Å². The standard InChI is InChI=1S/C15H20N2/c1-3-9-17(11-13-7-8-13)15-12(2)5-4-6-14(15)10-16/h4-6,13H,3,7-9,11H2,1-2H3. The smallest absolute Gasteiger partial charge is 0.101 e. The second kappa shape index (κ2) is 5.23. The van der Waals surface area contributed by atoms with E-state index in [4.69, 9.17) is 0 Å². The van der Waals surface area contributed by atoms with Gasteiger partial charge in [-0.05, 0) is 43.7 Å². The maximum Gasteiger partial charge on any atom is 0.101 e. The largest absolute Gasteiger partial charge is 0.370 e. The summed E-state index contributed by atoms with van der Waals surface area (Å²) in [5.74, 6) is 0.854. The summed E-state index contributed by atoms with van der Waals surface area (Å²) in [7, 11) is 0. The number of hydrogen-bond acceptors (Lipinski definition) is 2. The molecule has 1 aliphatic carbocycles. The van der Waals surface area contributed by atoms with Crippen LogP contribution < -0.4 is 4.90 Å². The molecule has 1 saturated carbocycles. The van der Waals surface area contributed by atoms with Crippen molar-refractivity contribution in [1.82, 2.24) is 0 Å². The number of benzene rings is 1. The van der Waals surface area contributed by atoms with Gasteiger partial charge in [0.05, 0.1) is 11.3 Å². The third kappa shape index (κ3) is 2.79. The summed E-state index contributed by atoms with van der Waals surface area (Å²) in [4.78, 5) is 2.41. The van der Waals surface area contributed by atoms with Gasteiger partial charge in [0.15, 0.2) is 0 Å². The van der Waals surface area contributed by atoms with Gasteiger partial charge in [-0.1, -0.05) is 19.1 Å². The lowest BCUT2D eigenvalue weighted by Crippen LogP contribution is -2.28. The van der Waals surface area contributed by atoms with E-state index in [9.17, 15) is 5.26 Å². The van der Waals surface area contributed by atoms with Gasteiger partial charge in [-0.2, -0.15) is 5.26 Å². The molecule has 2 nitrogen and oxygen atoms in total. The molecule has 0 bridgehead atoms. The van der Waals surface area contributed by atoms with E-state index in [-0.39, 0.29) is 0 Å². The minimum Gasteiger partial charge on any atom is -0.370 e. The molecule has 0 spiro atoms. The van der Waals surface area contributed by atoms with Gasteiger partial charge in [0, 0.05) is 13.1 Å². The van der Waals surface area contributed by atoms with Crippen LogP contribution >= 0.6 is 0 Å². The molecule has 0 unspecified atom stereocenters. The number of para-hydroxylation sites is 1. The molecule has 0 aliphatic heterocycles. The van der Waals surface area contributed by atoms with Gasteiger partial charge in [0.2, 0.25) is 0 Å². The van der Waals surface area contributed by atoms with Crippen LogP contribution in [-0.2, 0) is 0 Å². The predicted octanol–water partition coefficient (Wildman–Crippen LogP) is 3.49. The Bertz CT molecular complexity index is 427. The molecule has 0 heterocycles. The van der Waals surface area contributed by atoms with Crippen LogP contribution in [0.1, 0.15) is 37.3 Å². The van der Waals surface area contributed by atoms with Gasteiger partial charge in [-0.15, -0.1) is 0 Å². The second-order valence-corrected chi connectivity index (χ2v) is 4.97. The minimum atomic E-state index is 0.819. The van der Waals surface area contributed by atoms with Gasteiger partial charge in [-0.3, -0.25) is 0 Å². The molecule has 0 aromatic heterocycles. The molecule has 0 saturated heterocycles. The van der Waals surface area contributed by atoms with Crippen molar-refractivity contribution in [1.29, 1.82) is 5.26 Å². The first-order valence-corrected chi connectivity index (χ1v) is 6.51. The molecule has 17 heavy (non-hydrogen) atoms. The number of anilines is 1. The highest BCUT2D eigenvalue weighted by molar-refractivity contribution is 5.64. The molecule has 1 aromatic carbocycles. The van der Waals surface area contributed by atoms with Crippen LogP contribution in [0.4, 0.5) is 5.69 Å². The fraction of sp³-hybridized carbons (Fsp3) is 0.533. The Morgan fingerprint density at radius 2 is 2.18 bits per heavy atom. The third-order valence-corrected chi connectivity index (χ3v) is 3.34. The van der Waals surface area contributed by atoms with Crippen LogP contribution in [0, 0.1) is 24.2 Å². The van der Waals surface area contributed by atoms with Gasteiger partial charge < -0.3 is 4.90 Å². The molecule has 0 radical (unpaired) electrons. The van der Waals surface area contributed by atoms with Crippen molar-refractivity contribution < 1.29 is 0 Å². The Morgan fingerprint density at radius 3 is 2.76 bits per heavy atom. The van der Waals surface area contributed by atoms with E-state index < -0.39 is 0 Å². The van der Waals surface area contributed by atoms with Crippen LogP contribution in [0.3, 0.4) is 0 Å². The Labute approximate surface area is 104 Å². The lowest BCUT2D eigenvalue weighted by Gasteiger charge is -2.27. The molecule has 1 aromatic rings. The lowest BCUT2D eigenvalue weighted by molar-refractivity contribution is 0.705. The van der Waals surface area contributed by atoms with Crippen molar-refractivity contribution in [2.45, 2.75) is 33.1 Å². The van der Waals surface area contributed by atoms with Crippen LogP contribution in [0.5, 0.6) is 0 Å². The van der Waals surface area contributed by atoms with E-state index >= 15 is 0 Å². The number of rotatable bonds is 5. The van der Waals surface area contributed by atoms with Gasteiger partial charge in [0.25, 0.3) is 0 Å². The normalized spacial score (nSPS) is 14.4. The average Bonchev–Trinajstić information content (AvgIpc) is 3.12. The quantitative estimate of drug-likeness (QED) is 0.771. The fourth-order valence-electron chi connectivity index (χ4n) is 2.35. The van der Waals surface area contributed by atoms with Gasteiger partial charge >= 0.3 is 0 Å². The van der Waals surface area contributed by atoms with Crippen molar-refractivity contribution >= 4 is 5.69 Å². The molecule has 1 aliphatic rings. The molecular formula is C15H20N2. The van der Waals surface area contributed by atoms with Crippen molar-refractivity contribution in [3.05, 3.63) is 29.3 Å². The highest BCUT2D eigenvalue weighted by Gasteiger charge is 2.25. The number of aryl methyl sites for hydroxylation is 1. The molecule has 0 atom stereocenters. The third-order valence-electron chi connectivity index (χ3n) is 3.34. The summed E-state index contributed by atoms with van der Waals surface area (Å²) in [5.41, 5.74) is 3.20. The van der Waals surface area contributed by atoms with E-state index in [1.165, 1.54) is 18.4 Å². The summed E-state index contributed by atoms with van der Waals surface area (Å²) in [5, 5.41) is 9.23. The number of hydrogen-bond donors (Lipinski definition) is 0. The average molecular weight is 228 g/mol. The monoisotopic (exact) mass is 228 g/mol. The van der Waals surface area contributed by atoms with E-state index in [0.29, 0.717) is 0 Å². The highest BCUT2D eigenvalue weighted by atomic mass is 15.1. The van der Waals surface area contributed by atoms with Crippen molar-refractivity contribution in [2.75, 3.05) is 18.0 Å². The summed E-state index contributed by atoms with van der Waals surface area (Å²) in [6.07, 6.45) is 3.84. The Morgan fingerprint density at radius 1 is 1.41 bits per heavy atom. The maximum absolute atomic E-state index is 9.23. The molecule has 2 heteroatoms. The van der Waals surface area contributed by atoms with E-state index in [1.54, 1.807) is 0 Å². The summed E-state index contributed by atoms with van der Waals surface area (Å²) < 4.78 is 0. The fourth-order valence-corrected chi connectivity index (χ4v) is 2.35. The molecule has 90 valence electrons. The van der Waals surface area contributed by atoms with E-state index in [0.717, 1.165) is 36.7 Å². The second-order valence-electron chi connectivity index (χ2n) is 4.97. The van der Waals surface area contributed by atoms with Crippen molar-refractivity contribution in [2.24, 2.45) is 5.92 Å². The molecular weight excluding hydrogens is 208 g/mol. The Kier molecular flexibility index (Phi) is 3.68. The zero-order chi connectivity index (χ0) is 12.3. The summed E-state index contributed by atoms with van der Waals surface area (Å²) in [6.45, 7) is 6.47. The zero-order valence-electron chi connectivity index (χ0n) is 10.7. The summed E-state index contributed by atoms with van der Waals surface area (Å²) >= 11 is 0. The molecule has 2 rings (SSSR count). The molecule has 1 fully saturated rings. The van der Waals surface area contributed by atoms with Crippen molar-refractivity contribution in [3.63, 3.8) is 0 Å². The van der Waals surface area contributed by atoms with Crippen LogP contribution in [0.2, 0.25) is 0 Å². The summed E-state index contributed by atoms with van der Waals surface area (Å²) in [6, 6.07) is 8.33. The van der Waals surface area contributed by atoms with Gasteiger partial charge in [-0.25, -0.2) is 0 Å². The lowest BCUT2D eigenvalue weighted by atomic mass is 10.1. The Hall–Kier alpha value is -1.49. The maximum atomic E-state index is 9.23. The number of nitriles is 1. The first kappa shape index (κ1) is 12.0.